The molecule has 20 heavy (non-hydrogen) atoms. The Kier molecular flexibility index (Phi) is 4.65. The van der Waals surface area contributed by atoms with Gasteiger partial charge in [0.25, 0.3) is 0 Å². The highest BCUT2D eigenvalue weighted by Gasteiger charge is 2.15. The van der Waals surface area contributed by atoms with Gasteiger partial charge in [-0.3, -0.25) is 4.98 Å². The average molecular weight is 293 g/mol. The summed E-state index contributed by atoms with van der Waals surface area (Å²) in [5, 5.41) is 0. The fraction of sp³-hybridized carbons (Fsp3) is 0.231. The number of rotatable bonds is 6. The van der Waals surface area contributed by atoms with E-state index in [2.05, 4.69) is 14.7 Å². The first-order chi connectivity index (χ1) is 9.63. The molecule has 6 nitrogen and oxygen atoms in total. The van der Waals surface area contributed by atoms with Gasteiger partial charge in [-0.2, -0.15) is 0 Å². The van der Waals surface area contributed by atoms with Crippen molar-refractivity contribution in [1.29, 1.82) is 0 Å². The second-order valence-electron chi connectivity index (χ2n) is 3.91. The summed E-state index contributed by atoms with van der Waals surface area (Å²) in [6.45, 7) is 2.43. The first-order valence-electron chi connectivity index (χ1n) is 6.10. The van der Waals surface area contributed by atoms with E-state index in [0.29, 0.717) is 18.1 Å². The van der Waals surface area contributed by atoms with Crippen LogP contribution in [0.3, 0.4) is 0 Å². The van der Waals surface area contributed by atoms with Gasteiger partial charge in [0.05, 0.1) is 6.61 Å². The minimum absolute atomic E-state index is 0.112. The predicted octanol–water partition coefficient (Wildman–Crippen LogP) is 1.35. The van der Waals surface area contributed by atoms with Crippen molar-refractivity contribution in [3.63, 3.8) is 0 Å². The zero-order valence-electron chi connectivity index (χ0n) is 11.0. The molecule has 0 unspecified atom stereocenters. The van der Waals surface area contributed by atoms with Gasteiger partial charge in [0.1, 0.15) is 4.90 Å². The molecule has 0 bridgehead atoms. The lowest BCUT2D eigenvalue weighted by Gasteiger charge is -2.10. The van der Waals surface area contributed by atoms with E-state index in [4.69, 9.17) is 4.74 Å². The first-order valence-corrected chi connectivity index (χ1v) is 7.58. The fourth-order valence-corrected chi connectivity index (χ4v) is 2.56. The lowest BCUT2D eigenvalue weighted by molar-refractivity contribution is 0.322. The van der Waals surface area contributed by atoms with Crippen molar-refractivity contribution in [3.8, 4) is 5.88 Å². The number of hydrogen-bond donors (Lipinski definition) is 1. The average Bonchev–Trinajstić information content (AvgIpc) is 2.48. The van der Waals surface area contributed by atoms with Gasteiger partial charge < -0.3 is 4.74 Å². The van der Waals surface area contributed by atoms with Crippen molar-refractivity contribution in [3.05, 3.63) is 48.4 Å². The summed E-state index contributed by atoms with van der Waals surface area (Å²) in [5.74, 6) is 0.434. The third-order valence-electron chi connectivity index (χ3n) is 2.53. The number of sulfonamides is 1. The summed E-state index contributed by atoms with van der Waals surface area (Å²) in [6, 6.07) is 6.56. The van der Waals surface area contributed by atoms with Crippen LogP contribution in [0.1, 0.15) is 12.5 Å². The molecule has 2 aromatic heterocycles. The minimum Gasteiger partial charge on any atom is -0.478 e. The van der Waals surface area contributed by atoms with Gasteiger partial charge in [-0.15, -0.1) is 0 Å². The van der Waals surface area contributed by atoms with E-state index >= 15 is 0 Å². The molecule has 2 heterocycles. The molecule has 0 aliphatic rings. The Morgan fingerprint density at radius 1 is 1.25 bits per heavy atom. The highest BCUT2D eigenvalue weighted by atomic mass is 32.2. The Morgan fingerprint density at radius 3 is 2.75 bits per heavy atom. The SMILES string of the molecule is CCOc1ncccc1CNS(=O)(=O)c1cccnc1. The second-order valence-corrected chi connectivity index (χ2v) is 5.68. The molecule has 2 aromatic rings. The van der Waals surface area contributed by atoms with Crippen LogP contribution in [-0.2, 0) is 16.6 Å². The molecule has 2 rings (SSSR count). The number of aromatic nitrogens is 2. The molecule has 0 saturated carbocycles. The molecule has 0 atom stereocenters. The quantitative estimate of drug-likeness (QED) is 0.869. The van der Waals surface area contributed by atoms with E-state index in [9.17, 15) is 8.42 Å². The summed E-state index contributed by atoms with van der Waals surface area (Å²) in [5.41, 5.74) is 0.682. The Balaban J connectivity index is 2.13. The highest BCUT2D eigenvalue weighted by molar-refractivity contribution is 7.89. The van der Waals surface area contributed by atoms with E-state index in [0.717, 1.165) is 0 Å². The van der Waals surface area contributed by atoms with Crippen molar-refractivity contribution in [2.24, 2.45) is 0 Å². The first kappa shape index (κ1) is 14.4. The lowest BCUT2D eigenvalue weighted by atomic mass is 10.3. The summed E-state index contributed by atoms with van der Waals surface area (Å²) in [7, 11) is -3.59. The van der Waals surface area contributed by atoms with Crippen molar-refractivity contribution >= 4 is 10.0 Å². The van der Waals surface area contributed by atoms with Gasteiger partial charge in [0, 0.05) is 30.7 Å². The maximum Gasteiger partial charge on any atom is 0.242 e. The third kappa shape index (κ3) is 3.52. The fourth-order valence-electron chi connectivity index (χ4n) is 1.59. The van der Waals surface area contributed by atoms with Crippen LogP contribution in [-0.4, -0.2) is 25.0 Å². The van der Waals surface area contributed by atoms with E-state index in [1.54, 1.807) is 24.4 Å². The van der Waals surface area contributed by atoms with Crippen LogP contribution in [0.4, 0.5) is 0 Å². The zero-order chi connectivity index (χ0) is 14.4. The van der Waals surface area contributed by atoms with Crippen molar-refractivity contribution < 1.29 is 13.2 Å². The van der Waals surface area contributed by atoms with Gasteiger partial charge in [0.15, 0.2) is 0 Å². The predicted molar refractivity (Wildman–Crippen MR) is 73.7 cm³/mol. The molecule has 0 aromatic carbocycles. The molecule has 0 aliphatic heterocycles. The molecule has 7 heteroatoms. The highest BCUT2D eigenvalue weighted by Crippen LogP contribution is 2.15. The molecule has 0 saturated heterocycles. The minimum atomic E-state index is -3.59. The molecule has 0 spiro atoms. The van der Waals surface area contributed by atoms with E-state index in [1.807, 2.05) is 6.92 Å². The van der Waals surface area contributed by atoms with E-state index in [-0.39, 0.29) is 11.4 Å². The number of nitrogens with one attached hydrogen (secondary N) is 1. The zero-order valence-corrected chi connectivity index (χ0v) is 11.8. The smallest absolute Gasteiger partial charge is 0.242 e. The Bertz CT molecular complexity index is 660. The largest absolute Gasteiger partial charge is 0.478 e. The molecule has 0 radical (unpaired) electrons. The van der Waals surface area contributed by atoms with Crippen LogP contribution in [0.25, 0.3) is 0 Å². The molecule has 106 valence electrons. The normalized spacial score (nSPS) is 11.2. The monoisotopic (exact) mass is 293 g/mol. The molecule has 0 amide bonds. The maximum absolute atomic E-state index is 12.1. The summed E-state index contributed by atoms with van der Waals surface area (Å²) in [4.78, 5) is 8.00. The Hall–Kier alpha value is -1.99. The lowest BCUT2D eigenvalue weighted by Crippen LogP contribution is -2.23. The third-order valence-corrected chi connectivity index (χ3v) is 3.91. The van der Waals surface area contributed by atoms with E-state index < -0.39 is 10.0 Å². The van der Waals surface area contributed by atoms with Crippen LogP contribution in [0.5, 0.6) is 5.88 Å². The molecule has 0 aliphatic carbocycles. The Morgan fingerprint density at radius 2 is 2.05 bits per heavy atom. The van der Waals surface area contributed by atoms with Crippen LogP contribution >= 0.6 is 0 Å². The van der Waals surface area contributed by atoms with Gasteiger partial charge in [-0.05, 0) is 25.1 Å². The van der Waals surface area contributed by atoms with E-state index in [1.165, 1.54) is 18.5 Å². The number of hydrogen-bond acceptors (Lipinski definition) is 5. The second kappa shape index (κ2) is 6.44. The van der Waals surface area contributed by atoms with Crippen LogP contribution < -0.4 is 9.46 Å². The van der Waals surface area contributed by atoms with Crippen molar-refractivity contribution in [2.75, 3.05) is 6.61 Å². The standard InChI is InChI=1S/C13H15N3O3S/c1-2-19-13-11(5-3-8-15-13)9-16-20(17,18)12-6-4-7-14-10-12/h3-8,10,16H,2,9H2,1H3. The topological polar surface area (TPSA) is 81.2 Å². The maximum atomic E-state index is 12.1. The molecular formula is C13H15N3O3S. The Labute approximate surface area is 117 Å². The number of nitrogens with zero attached hydrogens (tertiary/aromatic N) is 2. The van der Waals surface area contributed by atoms with Gasteiger partial charge in [-0.25, -0.2) is 18.1 Å². The van der Waals surface area contributed by atoms with Gasteiger partial charge in [-0.1, -0.05) is 6.07 Å². The summed E-state index contributed by atoms with van der Waals surface area (Å²) in [6.07, 6.45) is 4.42. The van der Waals surface area contributed by atoms with Crippen LogP contribution in [0, 0.1) is 0 Å². The molecule has 1 N–H and O–H groups in total. The number of ether oxygens (including phenoxy) is 1. The molecular weight excluding hydrogens is 278 g/mol. The summed E-state index contributed by atoms with van der Waals surface area (Å²) >= 11 is 0. The molecule has 0 fully saturated rings. The van der Waals surface area contributed by atoms with Crippen molar-refractivity contribution in [2.45, 2.75) is 18.4 Å². The van der Waals surface area contributed by atoms with Crippen LogP contribution in [0.2, 0.25) is 0 Å². The van der Waals surface area contributed by atoms with Crippen LogP contribution in [0.15, 0.2) is 47.8 Å². The van der Waals surface area contributed by atoms with Crippen molar-refractivity contribution in [1.82, 2.24) is 14.7 Å². The number of pyridine rings is 2. The van der Waals surface area contributed by atoms with Gasteiger partial charge >= 0.3 is 0 Å². The van der Waals surface area contributed by atoms with Gasteiger partial charge in [0.2, 0.25) is 15.9 Å². The summed E-state index contributed by atoms with van der Waals surface area (Å²) < 4.78 is 32.0.